The molecule has 0 atom stereocenters. The third-order valence-corrected chi connectivity index (χ3v) is 1.51. The number of nitrogen functional groups attached to an aromatic ring is 1. The van der Waals surface area contributed by atoms with Crippen molar-refractivity contribution in [2.24, 2.45) is 0 Å². The fourth-order valence-electron chi connectivity index (χ4n) is 0.916. The molecule has 1 aromatic carbocycles. The lowest BCUT2D eigenvalue weighted by atomic mass is 10.2. The maximum absolute atomic E-state index is 12.8. The van der Waals surface area contributed by atoms with Crippen LogP contribution in [0.5, 0.6) is 0 Å². The van der Waals surface area contributed by atoms with Crippen molar-refractivity contribution in [3.8, 4) is 0 Å². The first-order valence-electron chi connectivity index (χ1n) is 3.34. The van der Waals surface area contributed by atoms with Crippen LogP contribution in [0.3, 0.4) is 0 Å². The summed E-state index contributed by atoms with van der Waals surface area (Å²) in [7, 11) is 3.65. The normalized spacial score (nSPS) is 9.73. The molecule has 0 spiro atoms. The lowest BCUT2D eigenvalue weighted by Crippen LogP contribution is -2.11. The number of nitrogens with two attached hydrogens (primary N) is 1. The van der Waals surface area contributed by atoms with Crippen LogP contribution in [0.2, 0.25) is 0 Å². The highest BCUT2D eigenvalue weighted by Gasteiger charge is 2.04. The van der Waals surface area contributed by atoms with Gasteiger partial charge in [-0.2, -0.15) is 0 Å². The number of para-hydroxylation sites is 1. The molecule has 0 aliphatic heterocycles. The van der Waals surface area contributed by atoms with Crippen molar-refractivity contribution < 1.29 is 4.39 Å². The Morgan fingerprint density at radius 2 is 2.00 bits per heavy atom. The third-order valence-electron chi connectivity index (χ3n) is 1.51. The minimum absolute atomic E-state index is 0.206. The van der Waals surface area contributed by atoms with E-state index in [1.807, 2.05) is 14.1 Å². The zero-order valence-corrected chi connectivity index (χ0v) is 6.63. The summed E-state index contributed by atoms with van der Waals surface area (Å²) in [5, 5.41) is 0. The van der Waals surface area contributed by atoms with Gasteiger partial charge in [0.2, 0.25) is 0 Å². The molecule has 2 N–H and O–H groups in total. The molecule has 0 saturated carbocycles. The van der Waals surface area contributed by atoms with Gasteiger partial charge in [0.1, 0.15) is 5.82 Å². The number of benzene rings is 1. The highest BCUT2D eigenvalue weighted by Crippen LogP contribution is 2.22. The number of hydrogen-bond acceptors (Lipinski definition) is 2. The summed E-state index contributed by atoms with van der Waals surface area (Å²) < 4.78 is 12.8. The number of halogens is 1. The molecule has 0 saturated heterocycles. The minimum atomic E-state index is -0.365. The Morgan fingerprint density at radius 3 is 2.45 bits per heavy atom. The van der Waals surface area contributed by atoms with Crippen LogP contribution in [0, 0.1) is 5.82 Å². The molecule has 0 heterocycles. The first-order valence-corrected chi connectivity index (χ1v) is 3.34. The highest BCUT2D eigenvalue weighted by atomic mass is 19.1. The molecule has 0 bridgehead atoms. The van der Waals surface area contributed by atoms with Crippen molar-refractivity contribution in [3.05, 3.63) is 24.0 Å². The maximum Gasteiger partial charge on any atom is 0.148 e. The van der Waals surface area contributed by atoms with Crippen molar-refractivity contribution in [2.75, 3.05) is 24.7 Å². The quantitative estimate of drug-likeness (QED) is 0.621. The van der Waals surface area contributed by atoms with Crippen molar-refractivity contribution >= 4 is 11.4 Å². The predicted octanol–water partition coefficient (Wildman–Crippen LogP) is 1.47. The van der Waals surface area contributed by atoms with Crippen LogP contribution < -0.4 is 10.6 Å². The summed E-state index contributed by atoms with van der Waals surface area (Å²) in [5.41, 5.74) is 6.39. The van der Waals surface area contributed by atoms with E-state index in [4.69, 9.17) is 5.73 Å². The van der Waals surface area contributed by atoms with E-state index in [0.717, 1.165) is 0 Å². The predicted molar refractivity (Wildman–Crippen MR) is 45.1 cm³/mol. The summed E-state index contributed by atoms with van der Waals surface area (Å²) in [6, 6.07) is 4.77. The maximum atomic E-state index is 12.8. The Kier molecular flexibility index (Phi) is 1.98. The molecule has 3 heteroatoms. The Balaban J connectivity index is 3.17. The van der Waals surface area contributed by atoms with Gasteiger partial charge in [0.25, 0.3) is 0 Å². The third kappa shape index (κ3) is 1.42. The van der Waals surface area contributed by atoms with E-state index in [9.17, 15) is 4.39 Å². The lowest BCUT2D eigenvalue weighted by Gasteiger charge is -2.14. The zero-order valence-electron chi connectivity index (χ0n) is 6.63. The Hall–Kier alpha value is -1.25. The van der Waals surface area contributed by atoms with Gasteiger partial charge in [0, 0.05) is 14.1 Å². The molecule has 1 aromatic rings. The molecule has 60 valence electrons. The lowest BCUT2D eigenvalue weighted by molar-refractivity contribution is 0.632. The van der Waals surface area contributed by atoms with Crippen LogP contribution in [0.1, 0.15) is 0 Å². The van der Waals surface area contributed by atoms with Crippen LogP contribution in [0.4, 0.5) is 15.8 Å². The molecule has 0 aromatic heterocycles. The number of nitrogens with zero attached hydrogens (tertiary/aromatic N) is 1. The van der Waals surface area contributed by atoms with Gasteiger partial charge in [-0.3, -0.25) is 0 Å². The average molecular weight is 154 g/mol. The van der Waals surface area contributed by atoms with E-state index in [0.29, 0.717) is 5.69 Å². The van der Waals surface area contributed by atoms with Crippen LogP contribution in [-0.4, -0.2) is 14.1 Å². The van der Waals surface area contributed by atoms with Gasteiger partial charge >= 0.3 is 0 Å². The van der Waals surface area contributed by atoms with Gasteiger partial charge in [-0.25, -0.2) is 4.39 Å². The Bertz CT molecular complexity index is 258. The summed E-state index contributed by atoms with van der Waals surface area (Å²) >= 11 is 0. The monoisotopic (exact) mass is 154 g/mol. The molecule has 0 fully saturated rings. The molecule has 0 unspecified atom stereocenters. The van der Waals surface area contributed by atoms with E-state index < -0.39 is 0 Å². The zero-order chi connectivity index (χ0) is 8.43. The van der Waals surface area contributed by atoms with Crippen molar-refractivity contribution in [1.82, 2.24) is 0 Å². The molecule has 11 heavy (non-hydrogen) atoms. The molecule has 0 radical (unpaired) electrons. The minimum Gasteiger partial charge on any atom is -0.395 e. The van der Waals surface area contributed by atoms with E-state index in [1.54, 1.807) is 17.0 Å². The van der Waals surface area contributed by atoms with Gasteiger partial charge in [0.15, 0.2) is 0 Å². The van der Waals surface area contributed by atoms with E-state index in [2.05, 4.69) is 0 Å². The molecular formula is C8H11FN2. The number of anilines is 2. The summed E-state index contributed by atoms with van der Waals surface area (Å²) in [5.74, 6) is -0.365. The Labute approximate surface area is 65.4 Å². The van der Waals surface area contributed by atoms with Gasteiger partial charge in [-0.15, -0.1) is 0 Å². The van der Waals surface area contributed by atoms with E-state index in [1.165, 1.54) is 6.07 Å². The van der Waals surface area contributed by atoms with Gasteiger partial charge in [-0.1, -0.05) is 6.07 Å². The number of hydrogen-bond donors (Lipinski definition) is 1. The van der Waals surface area contributed by atoms with Crippen molar-refractivity contribution in [1.29, 1.82) is 0 Å². The second kappa shape index (κ2) is 2.78. The fraction of sp³-hybridized carbons (Fsp3) is 0.250. The molecular weight excluding hydrogens is 143 g/mol. The van der Waals surface area contributed by atoms with Gasteiger partial charge in [-0.05, 0) is 12.1 Å². The topological polar surface area (TPSA) is 29.3 Å². The van der Waals surface area contributed by atoms with Crippen LogP contribution in [0.15, 0.2) is 18.2 Å². The van der Waals surface area contributed by atoms with Crippen molar-refractivity contribution in [3.63, 3.8) is 0 Å². The second-order valence-electron chi connectivity index (χ2n) is 2.57. The molecule has 0 aliphatic rings. The van der Waals surface area contributed by atoms with Gasteiger partial charge < -0.3 is 10.6 Å². The van der Waals surface area contributed by atoms with E-state index >= 15 is 0 Å². The van der Waals surface area contributed by atoms with Crippen molar-refractivity contribution in [2.45, 2.75) is 0 Å². The van der Waals surface area contributed by atoms with Crippen LogP contribution in [-0.2, 0) is 0 Å². The van der Waals surface area contributed by atoms with Crippen LogP contribution in [0.25, 0.3) is 0 Å². The molecule has 2 nitrogen and oxygen atoms in total. The highest BCUT2D eigenvalue weighted by molar-refractivity contribution is 5.67. The standard InChI is InChI=1S/C8H11FN2/c1-11(2)7-5-3-4-6(9)8(7)10/h3-5H,10H2,1-2H3. The first kappa shape index (κ1) is 7.85. The summed E-state index contributed by atoms with van der Waals surface area (Å²) in [4.78, 5) is 1.78. The van der Waals surface area contributed by atoms with Gasteiger partial charge in [0.05, 0.1) is 11.4 Å². The smallest absolute Gasteiger partial charge is 0.148 e. The number of rotatable bonds is 1. The summed E-state index contributed by atoms with van der Waals surface area (Å²) in [6.45, 7) is 0. The first-order chi connectivity index (χ1) is 5.13. The Morgan fingerprint density at radius 1 is 1.36 bits per heavy atom. The molecule has 0 aliphatic carbocycles. The SMILES string of the molecule is CN(C)c1cccc(F)c1N. The second-order valence-corrected chi connectivity index (χ2v) is 2.57. The van der Waals surface area contributed by atoms with E-state index in [-0.39, 0.29) is 11.5 Å². The van der Waals surface area contributed by atoms with Crippen LogP contribution >= 0.6 is 0 Å². The average Bonchev–Trinajstić information content (AvgIpc) is 1.94. The summed E-state index contributed by atoms with van der Waals surface area (Å²) in [6.07, 6.45) is 0. The molecule has 1 rings (SSSR count). The largest absolute Gasteiger partial charge is 0.395 e. The molecule has 0 amide bonds. The fourth-order valence-corrected chi connectivity index (χ4v) is 0.916.